The van der Waals surface area contributed by atoms with Crippen LogP contribution in [0.25, 0.3) is 0 Å². The van der Waals surface area contributed by atoms with Crippen LogP contribution in [0.2, 0.25) is 0 Å². The molecule has 0 bridgehead atoms. The molecule has 0 saturated heterocycles. The van der Waals surface area contributed by atoms with Crippen LogP contribution in [0.5, 0.6) is 0 Å². The van der Waals surface area contributed by atoms with Crippen molar-refractivity contribution in [2.45, 2.75) is 11.8 Å². The number of likely N-dealkylation sites (N-methyl/N-ethyl adjacent to an activating group) is 1. The van der Waals surface area contributed by atoms with Crippen molar-refractivity contribution in [3.63, 3.8) is 0 Å². The Hall–Kier alpha value is -2.17. The van der Waals surface area contributed by atoms with Gasteiger partial charge in [0.1, 0.15) is 0 Å². The van der Waals surface area contributed by atoms with Gasteiger partial charge in [0.2, 0.25) is 15.9 Å². The second-order valence-electron chi connectivity index (χ2n) is 4.32. The number of hydrogen-bond donors (Lipinski definition) is 1. The molecule has 0 aromatic heterocycles. The molecule has 1 aromatic carbocycles. The number of carbonyl (C=O) groups is 2. The lowest BCUT2D eigenvalue weighted by atomic mass is 10.2. The van der Waals surface area contributed by atoms with Gasteiger partial charge in [-0.1, -0.05) is 18.1 Å². The van der Waals surface area contributed by atoms with E-state index < -0.39 is 15.9 Å². The molecule has 7 heteroatoms. The summed E-state index contributed by atoms with van der Waals surface area (Å²) in [6, 6.07) is 5.53. The molecule has 0 fully saturated rings. The van der Waals surface area contributed by atoms with E-state index in [1.54, 1.807) is 0 Å². The number of rotatable bonds is 6. The summed E-state index contributed by atoms with van der Waals surface area (Å²) in [5.41, 5.74) is 0.420. The van der Waals surface area contributed by atoms with Crippen molar-refractivity contribution in [3.8, 4) is 12.3 Å². The van der Waals surface area contributed by atoms with Crippen LogP contribution < -0.4 is 5.32 Å². The molecule has 0 aliphatic carbocycles. The monoisotopic (exact) mass is 308 g/mol. The average Bonchev–Trinajstić information content (AvgIpc) is 2.45. The Morgan fingerprint density at radius 3 is 2.33 bits per heavy atom. The minimum Gasteiger partial charge on any atom is -0.344 e. The van der Waals surface area contributed by atoms with Crippen LogP contribution >= 0.6 is 0 Å². The van der Waals surface area contributed by atoms with Gasteiger partial charge in [0.05, 0.1) is 18.0 Å². The molecule has 0 heterocycles. The number of carbonyl (C=O) groups excluding carboxylic acids is 2. The summed E-state index contributed by atoms with van der Waals surface area (Å²) in [6.45, 7) is 1.10. The smallest absolute Gasteiger partial charge is 0.243 e. The summed E-state index contributed by atoms with van der Waals surface area (Å²) in [5, 5.41) is 2.39. The third kappa shape index (κ3) is 4.41. The van der Waals surface area contributed by atoms with Crippen LogP contribution in [-0.4, -0.2) is 44.6 Å². The molecule has 0 spiro atoms. The van der Waals surface area contributed by atoms with Crippen molar-refractivity contribution in [2.75, 3.05) is 20.1 Å². The fourth-order valence-electron chi connectivity index (χ4n) is 1.53. The van der Waals surface area contributed by atoms with Crippen molar-refractivity contribution >= 4 is 21.7 Å². The molecule has 6 nitrogen and oxygen atoms in total. The van der Waals surface area contributed by atoms with Gasteiger partial charge in [-0.25, -0.2) is 8.42 Å². The van der Waals surface area contributed by atoms with Gasteiger partial charge in [0.15, 0.2) is 5.78 Å². The first kappa shape index (κ1) is 16.9. The summed E-state index contributed by atoms with van der Waals surface area (Å²) in [5.74, 6) is 1.59. The summed E-state index contributed by atoms with van der Waals surface area (Å²) in [7, 11) is -2.50. The zero-order chi connectivity index (χ0) is 16.0. The Balaban J connectivity index is 2.87. The normalized spacial score (nSPS) is 11.0. The van der Waals surface area contributed by atoms with E-state index in [1.807, 2.05) is 0 Å². The highest BCUT2D eigenvalue weighted by molar-refractivity contribution is 7.89. The molecule has 1 amide bonds. The molecule has 21 heavy (non-hydrogen) atoms. The maximum atomic E-state index is 12.2. The van der Waals surface area contributed by atoms with Gasteiger partial charge >= 0.3 is 0 Å². The summed E-state index contributed by atoms with van der Waals surface area (Å²) < 4.78 is 25.4. The number of hydrogen-bond acceptors (Lipinski definition) is 4. The minimum atomic E-state index is -3.79. The molecule has 0 saturated carbocycles. The number of Topliss-reactive ketones (excluding diaryl/α,β-unsaturated/α-hetero) is 1. The first-order valence-electron chi connectivity index (χ1n) is 6.06. The van der Waals surface area contributed by atoms with Crippen molar-refractivity contribution in [2.24, 2.45) is 0 Å². The highest BCUT2D eigenvalue weighted by atomic mass is 32.2. The number of ketones is 1. The molecule has 1 rings (SSSR count). The topological polar surface area (TPSA) is 83.6 Å². The Morgan fingerprint density at radius 1 is 1.29 bits per heavy atom. The quantitative estimate of drug-likeness (QED) is 0.603. The lowest BCUT2D eigenvalue weighted by Gasteiger charge is -2.16. The van der Waals surface area contributed by atoms with Gasteiger partial charge in [-0.2, -0.15) is 4.31 Å². The lowest BCUT2D eigenvalue weighted by molar-refractivity contribution is -0.120. The SMILES string of the molecule is C#CCNC(=O)CN(C)S(=O)(=O)c1ccc(C(C)=O)cc1. The zero-order valence-electron chi connectivity index (χ0n) is 11.8. The third-order valence-corrected chi connectivity index (χ3v) is 4.54. The summed E-state index contributed by atoms with van der Waals surface area (Å²) in [6.07, 6.45) is 5.00. The Labute approximate surface area is 124 Å². The fraction of sp³-hybridized carbons (Fsp3) is 0.286. The number of nitrogens with zero attached hydrogens (tertiary/aromatic N) is 1. The maximum Gasteiger partial charge on any atom is 0.243 e. The molecular formula is C14H16N2O4S. The predicted molar refractivity (Wildman–Crippen MR) is 78.1 cm³/mol. The van der Waals surface area contributed by atoms with E-state index in [2.05, 4.69) is 11.2 Å². The Bertz CT molecular complexity index is 672. The van der Waals surface area contributed by atoms with E-state index in [4.69, 9.17) is 6.42 Å². The van der Waals surface area contributed by atoms with E-state index in [0.29, 0.717) is 5.56 Å². The van der Waals surface area contributed by atoms with Crippen LogP contribution in [0, 0.1) is 12.3 Å². The highest BCUT2D eigenvalue weighted by Crippen LogP contribution is 2.15. The van der Waals surface area contributed by atoms with Crippen molar-refractivity contribution in [3.05, 3.63) is 29.8 Å². The third-order valence-electron chi connectivity index (χ3n) is 2.72. The van der Waals surface area contributed by atoms with Gasteiger partial charge in [-0.15, -0.1) is 6.42 Å². The van der Waals surface area contributed by atoms with Gasteiger partial charge in [-0.3, -0.25) is 9.59 Å². The van der Waals surface area contributed by atoms with Crippen LogP contribution in [-0.2, 0) is 14.8 Å². The largest absolute Gasteiger partial charge is 0.344 e. The minimum absolute atomic E-state index is 0.0137. The molecule has 112 valence electrons. The molecule has 0 aliphatic heterocycles. The lowest BCUT2D eigenvalue weighted by Crippen LogP contribution is -2.38. The van der Waals surface area contributed by atoms with Crippen molar-refractivity contribution in [1.82, 2.24) is 9.62 Å². The van der Waals surface area contributed by atoms with Crippen LogP contribution in [0.1, 0.15) is 17.3 Å². The van der Waals surface area contributed by atoms with Crippen molar-refractivity contribution in [1.29, 1.82) is 0 Å². The maximum absolute atomic E-state index is 12.2. The number of benzene rings is 1. The van der Waals surface area contributed by atoms with E-state index in [0.717, 1.165) is 4.31 Å². The molecule has 1 aromatic rings. The molecule has 0 aliphatic rings. The number of nitrogens with one attached hydrogen (secondary N) is 1. The van der Waals surface area contributed by atoms with Crippen LogP contribution in [0.15, 0.2) is 29.2 Å². The van der Waals surface area contributed by atoms with E-state index >= 15 is 0 Å². The first-order valence-corrected chi connectivity index (χ1v) is 7.50. The zero-order valence-corrected chi connectivity index (χ0v) is 12.6. The van der Waals surface area contributed by atoms with Gasteiger partial charge < -0.3 is 5.32 Å². The molecule has 0 atom stereocenters. The van der Waals surface area contributed by atoms with Gasteiger partial charge in [0.25, 0.3) is 0 Å². The summed E-state index contributed by atoms with van der Waals surface area (Å²) in [4.78, 5) is 22.6. The number of amides is 1. The number of terminal acetylenes is 1. The van der Waals surface area contributed by atoms with E-state index in [1.165, 1.54) is 38.2 Å². The van der Waals surface area contributed by atoms with E-state index in [-0.39, 0.29) is 23.8 Å². The standard InChI is InChI=1S/C14H16N2O4S/c1-4-9-15-14(18)10-16(3)21(19,20)13-7-5-12(6-8-13)11(2)17/h1,5-8H,9-10H2,2-3H3,(H,15,18). The van der Waals surface area contributed by atoms with E-state index in [9.17, 15) is 18.0 Å². The second kappa shape index (κ2) is 7.02. The van der Waals surface area contributed by atoms with Crippen LogP contribution in [0.3, 0.4) is 0 Å². The van der Waals surface area contributed by atoms with Gasteiger partial charge in [-0.05, 0) is 19.1 Å². The predicted octanol–water partition coefficient (Wildman–Crippen LogP) is 0.259. The fourth-order valence-corrected chi connectivity index (χ4v) is 2.66. The Kier molecular flexibility index (Phi) is 5.64. The van der Waals surface area contributed by atoms with Crippen LogP contribution in [0.4, 0.5) is 0 Å². The van der Waals surface area contributed by atoms with Gasteiger partial charge in [0, 0.05) is 12.6 Å². The summed E-state index contributed by atoms with van der Waals surface area (Å²) >= 11 is 0. The molecule has 0 radical (unpaired) electrons. The molecule has 1 N–H and O–H groups in total. The van der Waals surface area contributed by atoms with Crippen molar-refractivity contribution < 1.29 is 18.0 Å². The molecular weight excluding hydrogens is 292 g/mol. The highest BCUT2D eigenvalue weighted by Gasteiger charge is 2.22. The Morgan fingerprint density at radius 2 is 1.86 bits per heavy atom. The average molecular weight is 308 g/mol. The first-order chi connectivity index (χ1) is 9.78. The number of sulfonamides is 1. The second-order valence-corrected chi connectivity index (χ2v) is 6.37. The molecule has 0 unspecified atom stereocenters.